The third-order valence-electron chi connectivity index (χ3n) is 1.53. The molecule has 0 spiro atoms. The van der Waals surface area contributed by atoms with Gasteiger partial charge >= 0.3 is 0 Å². The number of carbonyl (C=O) groups excluding carboxylic acids is 1. The first-order valence-electron chi connectivity index (χ1n) is 3.40. The maximum Gasteiger partial charge on any atom is 0.231 e. The van der Waals surface area contributed by atoms with E-state index in [1.165, 1.54) is 0 Å². The van der Waals surface area contributed by atoms with Crippen LogP contribution in [0.25, 0.3) is 0 Å². The van der Waals surface area contributed by atoms with Gasteiger partial charge in [0.15, 0.2) is 17.1 Å². The van der Waals surface area contributed by atoms with Gasteiger partial charge in [-0.1, -0.05) is 11.8 Å². The molecule has 3 nitrogen and oxygen atoms in total. The first-order chi connectivity index (χ1) is 5.90. The Morgan fingerprint density at radius 2 is 2.17 bits per heavy atom. The van der Waals surface area contributed by atoms with Crippen molar-refractivity contribution in [2.45, 2.75) is 4.90 Å². The minimum Gasteiger partial charge on any atom is -0.454 e. The fourth-order valence-electron chi connectivity index (χ4n) is 1.01. The molecule has 0 bridgehead atoms. The summed E-state index contributed by atoms with van der Waals surface area (Å²) in [6.07, 6.45) is 0. The van der Waals surface area contributed by atoms with E-state index in [0.29, 0.717) is 5.75 Å². The van der Waals surface area contributed by atoms with Crippen molar-refractivity contribution in [3.8, 4) is 11.5 Å². The Hall–Kier alpha value is -1.16. The molecule has 0 amide bonds. The highest BCUT2D eigenvalue weighted by Crippen LogP contribution is 2.34. The van der Waals surface area contributed by atoms with Gasteiger partial charge in [-0.3, -0.25) is 4.79 Å². The summed E-state index contributed by atoms with van der Waals surface area (Å²) >= 11 is 1.13. The van der Waals surface area contributed by atoms with E-state index in [2.05, 4.69) is 0 Å². The predicted octanol–water partition coefficient (Wildman–Crippen LogP) is 1.70. The van der Waals surface area contributed by atoms with Gasteiger partial charge in [0.25, 0.3) is 0 Å². The quantitative estimate of drug-likeness (QED) is 0.515. The van der Waals surface area contributed by atoms with Crippen molar-refractivity contribution < 1.29 is 14.3 Å². The molecule has 0 saturated carbocycles. The lowest BCUT2D eigenvalue weighted by Gasteiger charge is -1.96. The van der Waals surface area contributed by atoms with Crippen molar-refractivity contribution in [2.75, 3.05) is 6.79 Å². The maximum absolute atomic E-state index is 10.2. The minimum absolute atomic E-state index is 0.268. The van der Waals surface area contributed by atoms with Gasteiger partial charge in [0, 0.05) is 4.90 Å². The number of hydrogen-bond donors (Lipinski definition) is 0. The number of hydrogen-bond acceptors (Lipinski definition) is 4. The average molecular weight is 182 g/mol. The van der Waals surface area contributed by atoms with Crippen LogP contribution < -0.4 is 9.47 Å². The fraction of sp³-hybridized carbons (Fsp3) is 0.125. The lowest BCUT2D eigenvalue weighted by atomic mass is 10.3. The molecule has 0 radical (unpaired) electrons. The number of ether oxygens (including phenoxy) is 2. The molecule has 0 saturated heterocycles. The molecule has 0 N–H and O–H groups in total. The fourth-order valence-corrected chi connectivity index (χ4v) is 1.44. The van der Waals surface area contributed by atoms with Crippen molar-refractivity contribution in [3.63, 3.8) is 0 Å². The van der Waals surface area contributed by atoms with Crippen LogP contribution >= 0.6 is 11.8 Å². The molecule has 1 aromatic carbocycles. The van der Waals surface area contributed by atoms with Gasteiger partial charge in [0.2, 0.25) is 6.79 Å². The van der Waals surface area contributed by atoms with E-state index >= 15 is 0 Å². The monoisotopic (exact) mass is 182 g/mol. The van der Waals surface area contributed by atoms with Crippen molar-refractivity contribution >= 4 is 17.4 Å². The van der Waals surface area contributed by atoms with Crippen LogP contribution in [-0.2, 0) is 4.79 Å². The van der Waals surface area contributed by atoms with Gasteiger partial charge < -0.3 is 9.47 Å². The highest BCUT2D eigenvalue weighted by atomic mass is 32.2. The molecule has 1 aromatic rings. The first kappa shape index (κ1) is 7.49. The predicted molar refractivity (Wildman–Crippen MR) is 45.2 cm³/mol. The highest BCUT2D eigenvalue weighted by Gasteiger charge is 2.12. The van der Waals surface area contributed by atoms with E-state index in [0.717, 1.165) is 28.0 Å². The SMILES string of the molecule is O=CSc1ccc2c(c1)OCO2. The zero-order valence-corrected chi connectivity index (χ0v) is 6.97. The van der Waals surface area contributed by atoms with E-state index in [1.807, 2.05) is 6.07 Å². The molecule has 1 heterocycles. The topological polar surface area (TPSA) is 35.5 Å². The standard InChI is InChI=1S/C8H6O3S/c9-4-12-6-1-2-7-8(3-6)11-5-10-7/h1-4H,5H2. The summed E-state index contributed by atoms with van der Waals surface area (Å²) in [5.41, 5.74) is 0.789. The summed E-state index contributed by atoms with van der Waals surface area (Å²) in [5, 5.41) is 0. The first-order valence-corrected chi connectivity index (χ1v) is 4.28. The molecule has 12 heavy (non-hydrogen) atoms. The smallest absolute Gasteiger partial charge is 0.231 e. The van der Waals surface area contributed by atoms with Crippen LogP contribution in [0.15, 0.2) is 23.1 Å². The average Bonchev–Trinajstić information content (AvgIpc) is 2.51. The molecular formula is C8H6O3S. The van der Waals surface area contributed by atoms with Crippen molar-refractivity contribution in [2.24, 2.45) is 0 Å². The summed E-state index contributed by atoms with van der Waals surface area (Å²) in [4.78, 5) is 11.0. The molecule has 62 valence electrons. The Morgan fingerprint density at radius 1 is 1.33 bits per heavy atom. The van der Waals surface area contributed by atoms with Gasteiger partial charge in [0.05, 0.1) is 0 Å². The molecule has 1 aliphatic rings. The van der Waals surface area contributed by atoms with E-state index in [4.69, 9.17) is 9.47 Å². The van der Waals surface area contributed by atoms with E-state index < -0.39 is 0 Å². The molecule has 0 aromatic heterocycles. The van der Waals surface area contributed by atoms with Crippen LogP contribution in [0.3, 0.4) is 0 Å². The Morgan fingerprint density at radius 3 is 3.00 bits per heavy atom. The zero-order chi connectivity index (χ0) is 8.39. The number of carbonyl (C=O) groups is 1. The summed E-state index contributed by atoms with van der Waals surface area (Å²) in [7, 11) is 0. The Kier molecular flexibility index (Phi) is 1.91. The van der Waals surface area contributed by atoms with E-state index in [9.17, 15) is 4.79 Å². The normalized spacial score (nSPS) is 13.0. The zero-order valence-electron chi connectivity index (χ0n) is 6.15. The Labute approximate surface area is 73.7 Å². The molecule has 0 fully saturated rings. The van der Waals surface area contributed by atoms with Crippen LogP contribution in [0.5, 0.6) is 11.5 Å². The van der Waals surface area contributed by atoms with Gasteiger partial charge in [-0.25, -0.2) is 0 Å². The third-order valence-corrected chi connectivity index (χ3v) is 2.15. The lowest BCUT2D eigenvalue weighted by Crippen LogP contribution is -1.92. The van der Waals surface area contributed by atoms with Crippen LogP contribution in [0.1, 0.15) is 0 Å². The van der Waals surface area contributed by atoms with Crippen molar-refractivity contribution in [1.82, 2.24) is 0 Å². The molecular weight excluding hydrogens is 176 g/mol. The number of thioether (sulfide) groups is 1. The summed E-state index contributed by atoms with van der Waals surface area (Å²) in [5.74, 6) is 1.45. The molecule has 2 rings (SSSR count). The summed E-state index contributed by atoms with van der Waals surface area (Å²) in [6.45, 7) is 0.268. The van der Waals surface area contributed by atoms with Gasteiger partial charge in [0.1, 0.15) is 0 Å². The molecule has 0 unspecified atom stereocenters. The summed E-state index contributed by atoms with van der Waals surface area (Å²) in [6, 6.07) is 5.42. The Balaban J connectivity index is 2.32. The number of benzene rings is 1. The van der Waals surface area contributed by atoms with E-state index in [1.54, 1.807) is 12.1 Å². The van der Waals surface area contributed by atoms with Crippen molar-refractivity contribution in [3.05, 3.63) is 18.2 Å². The number of fused-ring (bicyclic) bond motifs is 1. The maximum atomic E-state index is 10.2. The van der Waals surface area contributed by atoms with Crippen molar-refractivity contribution in [1.29, 1.82) is 0 Å². The van der Waals surface area contributed by atoms with Crippen LogP contribution in [0.2, 0.25) is 0 Å². The molecule has 0 aliphatic carbocycles. The lowest BCUT2D eigenvalue weighted by molar-refractivity contribution is 0.174. The molecule has 1 aliphatic heterocycles. The Bertz CT molecular complexity index is 311. The summed E-state index contributed by atoms with van der Waals surface area (Å²) < 4.78 is 10.2. The van der Waals surface area contributed by atoms with Crippen LogP contribution in [-0.4, -0.2) is 12.4 Å². The highest BCUT2D eigenvalue weighted by molar-refractivity contribution is 8.11. The van der Waals surface area contributed by atoms with Gasteiger partial charge in [-0.05, 0) is 18.2 Å². The van der Waals surface area contributed by atoms with Gasteiger partial charge in [-0.15, -0.1) is 0 Å². The van der Waals surface area contributed by atoms with Crippen LogP contribution in [0, 0.1) is 0 Å². The largest absolute Gasteiger partial charge is 0.454 e. The second-order valence-electron chi connectivity index (χ2n) is 2.23. The second kappa shape index (κ2) is 3.06. The molecule has 4 heteroatoms. The third kappa shape index (κ3) is 1.25. The molecule has 0 atom stereocenters. The van der Waals surface area contributed by atoms with Crippen LogP contribution in [0.4, 0.5) is 0 Å². The minimum atomic E-state index is 0.268. The second-order valence-corrected chi connectivity index (χ2v) is 3.13. The van der Waals surface area contributed by atoms with E-state index in [-0.39, 0.29) is 6.79 Å². The number of rotatable bonds is 2. The van der Waals surface area contributed by atoms with Gasteiger partial charge in [-0.2, -0.15) is 0 Å².